The zero-order valence-corrected chi connectivity index (χ0v) is 14.0. The molecular weight excluding hydrogens is 344 g/mol. The summed E-state index contributed by atoms with van der Waals surface area (Å²) < 4.78 is 26.4. The lowest BCUT2D eigenvalue weighted by Crippen LogP contribution is -2.40. The van der Waals surface area contributed by atoms with E-state index >= 15 is 0 Å². The number of carbonyl (C=O) groups excluding carboxylic acids is 1. The highest BCUT2D eigenvalue weighted by Gasteiger charge is 2.32. The zero-order chi connectivity index (χ0) is 17.2. The quantitative estimate of drug-likeness (QED) is 0.851. The molecule has 0 saturated carbocycles. The van der Waals surface area contributed by atoms with E-state index in [0.717, 1.165) is 0 Å². The Morgan fingerprint density at radius 1 is 1.30 bits per heavy atom. The first kappa shape index (κ1) is 17.7. The Morgan fingerprint density at radius 3 is 2.39 bits per heavy atom. The lowest BCUT2D eigenvalue weighted by molar-refractivity contribution is -0.142. The summed E-state index contributed by atoms with van der Waals surface area (Å²) in [6, 6.07) is 4.09. The van der Waals surface area contributed by atoms with Gasteiger partial charge in [-0.1, -0.05) is 11.6 Å². The number of amides is 1. The van der Waals surface area contributed by atoms with E-state index in [1.54, 1.807) is 0 Å². The molecular formula is C14H17ClN2O5S. The number of carbonyl (C=O) groups is 2. The van der Waals surface area contributed by atoms with Gasteiger partial charge in [-0.3, -0.25) is 9.59 Å². The molecule has 1 aliphatic rings. The number of carboxylic acids is 1. The number of anilines is 1. The molecule has 1 aromatic carbocycles. The van der Waals surface area contributed by atoms with E-state index in [0.29, 0.717) is 5.69 Å². The molecule has 0 bridgehead atoms. The number of hydrogen-bond acceptors (Lipinski definition) is 4. The standard InChI is InChI=1S/C14H17ClN2O5S/c1-9(18)16-13-3-2-11(8-12(13)15)23(21,22)17-6-4-10(5-7-17)14(19)20/h2-3,8,10H,4-7H2,1H3,(H,16,18)(H,19,20). The van der Waals surface area contributed by atoms with Gasteiger partial charge in [0.1, 0.15) is 0 Å². The van der Waals surface area contributed by atoms with Gasteiger partial charge in [0.2, 0.25) is 15.9 Å². The average Bonchev–Trinajstić information content (AvgIpc) is 2.49. The minimum atomic E-state index is -3.74. The number of nitrogens with one attached hydrogen (secondary N) is 1. The number of benzene rings is 1. The number of sulfonamides is 1. The van der Waals surface area contributed by atoms with Crippen molar-refractivity contribution in [1.82, 2.24) is 4.31 Å². The van der Waals surface area contributed by atoms with Crippen LogP contribution in [-0.4, -0.2) is 42.8 Å². The fraction of sp³-hybridized carbons (Fsp3) is 0.429. The largest absolute Gasteiger partial charge is 0.481 e. The van der Waals surface area contributed by atoms with Crippen LogP contribution in [0.1, 0.15) is 19.8 Å². The number of piperidine rings is 1. The minimum absolute atomic E-state index is 0.0189. The highest BCUT2D eigenvalue weighted by molar-refractivity contribution is 7.89. The molecule has 7 nitrogen and oxygen atoms in total. The fourth-order valence-electron chi connectivity index (χ4n) is 2.44. The van der Waals surface area contributed by atoms with Gasteiger partial charge in [0.15, 0.2) is 0 Å². The Morgan fingerprint density at radius 2 is 1.91 bits per heavy atom. The molecule has 126 valence electrons. The molecule has 1 heterocycles. The number of hydrogen-bond donors (Lipinski definition) is 2. The van der Waals surface area contributed by atoms with E-state index in [-0.39, 0.29) is 41.8 Å². The predicted octanol–water partition coefficient (Wildman–Crippen LogP) is 1.78. The predicted molar refractivity (Wildman–Crippen MR) is 84.9 cm³/mol. The second-order valence-electron chi connectivity index (χ2n) is 5.34. The summed E-state index contributed by atoms with van der Waals surface area (Å²) in [4.78, 5) is 22.0. The molecule has 0 atom stereocenters. The van der Waals surface area contributed by atoms with Crippen LogP contribution in [0.2, 0.25) is 5.02 Å². The highest BCUT2D eigenvalue weighted by Crippen LogP contribution is 2.29. The van der Waals surface area contributed by atoms with Crippen LogP contribution in [-0.2, 0) is 19.6 Å². The Hall–Kier alpha value is -1.64. The molecule has 1 fully saturated rings. The monoisotopic (exact) mass is 360 g/mol. The van der Waals surface area contributed by atoms with E-state index in [2.05, 4.69) is 5.32 Å². The Bertz CT molecular complexity index is 727. The maximum atomic E-state index is 12.6. The van der Waals surface area contributed by atoms with Crippen molar-refractivity contribution >= 4 is 39.2 Å². The Labute approximate surface area is 139 Å². The van der Waals surface area contributed by atoms with Crippen molar-refractivity contribution in [3.63, 3.8) is 0 Å². The summed E-state index contributed by atoms with van der Waals surface area (Å²) in [7, 11) is -3.74. The molecule has 0 aliphatic carbocycles. The molecule has 9 heteroatoms. The van der Waals surface area contributed by atoms with E-state index in [9.17, 15) is 18.0 Å². The second kappa shape index (κ2) is 6.86. The molecule has 2 rings (SSSR count). The van der Waals surface area contributed by atoms with Gasteiger partial charge in [0.05, 0.1) is 21.5 Å². The van der Waals surface area contributed by atoms with Gasteiger partial charge >= 0.3 is 5.97 Å². The van der Waals surface area contributed by atoms with Crippen LogP contribution in [0.25, 0.3) is 0 Å². The van der Waals surface area contributed by atoms with Crippen molar-refractivity contribution in [2.75, 3.05) is 18.4 Å². The van der Waals surface area contributed by atoms with Gasteiger partial charge in [0, 0.05) is 20.0 Å². The highest BCUT2D eigenvalue weighted by atomic mass is 35.5. The lowest BCUT2D eigenvalue weighted by atomic mass is 9.99. The summed E-state index contributed by atoms with van der Waals surface area (Å²) >= 11 is 6.01. The molecule has 1 saturated heterocycles. The second-order valence-corrected chi connectivity index (χ2v) is 7.68. The number of halogens is 1. The normalized spacial score (nSPS) is 17.0. The first-order valence-electron chi connectivity index (χ1n) is 7.02. The van der Waals surface area contributed by atoms with Gasteiger partial charge in [-0.25, -0.2) is 8.42 Å². The van der Waals surface area contributed by atoms with Crippen molar-refractivity contribution < 1.29 is 23.1 Å². The van der Waals surface area contributed by atoms with E-state index in [4.69, 9.17) is 16.7 Å². The van der Waals surface area contributed by atoms with Gasteiger partial charge in [-0.2, -0.15) is 4.31 Å². The molecule has 2 N–H and O–H groups in total. The van der Waals surface area contributed by atoms with Crippen LogP contribution in [0.4, 0.5) is 5.69 Å². The number of nitrogens with zero attached hydrogens (tertiary/aromatic N) is 1. The maximum Gasteiger partial charge on any atom is 0.306 e. The van der Waals surface area contributed by atoms with Gasteiger partial charge in [0.25, 0.3) is 0 Å². The summed E-state index contributed by atoms with van der Waals surface area (Å²) in [5.41, 5.74) is 0.336. The maximum absolute atomic E-state index is 12.6. The summed E-state index contributed by atoms with van der Waals surface area (Å²) in [5.74, 6) is -1.71. The summed E-state index contributed by atoms with van der Waals surface area (Å²) in [5, 5.41) is 11.6. The van der Waals surface area contributed by atoms with Crippen molar-refractivity contribution in [2.45, 2.75) is 24.7 Å². The molecule has 1 amide bonds. The molecule has 23 heavy (non-hydrogen) atoms. The van der Waals surface area contributed by atoms with E-state index < -0.39 is 21.9 Å². The molecule has 0 aromatic heterocycles. The van der Waals surface area contributed by atoms with Crippen LogP contribution >= 0.6 is 11.6 Å². The first-order chi connectivity index (χ1) is 10.7. The van der Waals surface area contributed by atoms with Gasteiger partial charge in [-0.05, 0) is 31.0 Å². The molecule has 0 spiro atoms. The number of rotatable bonds is 4. The Balaban J connectivity index is 2.19. The smallest absolute Gasteiger partial charge is 0.306 e. The average molecular weight is 361 g/mol. The summed E-state index contributed by atoms with van der Waals surface area (Å²) in [6.07, 6.45) is 0.568. The van der Waals surface area contributed by atoms with Crippen LogP contribution in [0.3, 0.4) is 0 Å². The van der Waals surface area contributed by atoms with Crippen molar-refractivity contribution in [2.24, 2.45) is 5.92 Å². The molecule has 0 radical (unpaired) electrons. The van der Waals surface area contributed by atoms with Crippen LogP contribution in [0.15, 0.2) is 23.1 Å². The Kier molecular flexibility index (Phi) is 5.28. The minimum Gasteiger partial charge on any atom is -0.481 e. The number of aliphatic carboxylic acids is 1. The molecule has 0 unspecified atom stereocenters. The van der Waals surface area contributed by atoms with Crippen LogP contribution in [0, 0.1) is 5.92 Å². The van der Waals surface area contributed by atoms with E-state index in [1.165, 1.54) is 29.4 Å². The van der Waals surface area contributed by atoms with Crippen LogP contribution < -0.4 is 5.32 Å². The van der Waals surface area contributed by atoms with Crippen molar-refractivity contribution in [3.05, 3.63) is 23.2 Å². The van der Waals surface area contributed by atoms with Crippen molar-refractivity contribution in [3.8, 4) is 0 Å². The topological polar surface area (TPSA) is 104 Å². The fourth-order valence-corrected chi connectivity index (χ4v) is 4.23. The SMILES string of the molecule is CC(=O)Nc1ccc(S(=O)(=O)N2CCC(C(=O)O)CC2)cc1Cl. The lowest BCUT2D eigenvalue weighted by Gasteiger charge is -2.29. The molecule has 1 aliphatic heterocycles. The molecule has 1 aromatic rings. The van der Waals surface area contributed by atoms with Gasteiger partial charge in [-0.15, -0.1) is 0 Å². The summed E-state index contributed by atoms with van der Waals surface area (Å²) in [6.45, 7) is 1.64. The third-order valence-corrected chi connectivity index (χ3v) is 5.90. The van der Waals surface area contributed by atoms with Crippen LogP contribution in [0.5, 0.6) is 0 Å². The number of carboxylic acid groups (broad SMARTS) is 1. The zero-order valence-electron chi connectivity index (χ0n) is 12.5. The van der Waals surface area contributed by atoms with Crippen molar-refractivity contribution in [1.29, 1.82) is 0 Å². The van der Waals surface area contributed by atoms with E-state index in [1.807, 2.05) is 0 Å². The third-order valence-electron chi connectivity index (χ3n) is 3.69. The van der Waals surface area contributed by atoms with Gasteiger partial charge < -0.3 is 10.4 Å². The third kappa shape index (κ3) is 4.01. The first-order valence-corrected chi connectivity index (χ1v) is 8.83.